The minimum atomic E-state index is -0.301. The van der Waals surface area contributed by atoms with Gasteiger partial charge in [-0.2, -0.15) is 0 Å². The second-order valence-corrected chi connectivity index (χ2v) is 8.57. The molecule has 0 unspecified atom stereocenters. The molecule has 0 N–H and O–H groups in total. The van der Waals surface area contributed by atoms with Crippen LogP contribution in [-0.2, 0) is 9.31 Å². The fraction of sp³-hybridized carbons (Fsp3) is 0.455. The molecule has 0 atom stereocenters. The lowest BCUT2D eigenvalue weighted by Crippen LogP contribution is -2.41. The van der Waals surface area contributed by atoms with Gasteiger partial charge in [-0.15, -0.1) is 0 Å². The van der Waals surface area contributed by atoms with Crippen molar-refractivity contribution in [2.24, 2.45) is 0 Å². The maximum Gasteiger partial charge on any atom is 0.490 e. The molecule has 6 nitrogen and oxygen atoms in total. The average Bonchev–Trinajstić information content (AvgIpc) is 2.95. The van der Waals surface area contributed by atoms with E-state index in [9.17, 15) is 0 Å². The molecule has 4 rings (SSSR count). The summed E-state index contributed by atoms with van der Waals surface area (Å²) in [5, 5.41) is 0. The Morgan fingerprint density at radius 1 is 1.03 bits per heavy atom. The number of rotatable bonds is 4. The molecule has 0 amide bonds. The Bertz CT molecular complexity index is 896. The summed E-state index contributed by atoms with van der Waals surface area (Å²) in [7, 11) is 1.32. The predicted octanol–water partition coefficient (Wildman–Crippen LogP) is 3.92. The molecule has 29 heavy (non-hydrogen) atoms. The Hall–Kier alpha value is -2.38. The molecule has 0 spiro atoms. The molecule has 1 aromatic carbocycles. The van der Waals surface area contributed by atoms with Crippen molar-refractivity contribution in [1.82, 2.24) is 9.97 Å². The van der Waals surface area contributed by atoms with Crippen LogP contribution >= 0.6 is 0 Å². The maximum atomic E-state index is 6.21. The first kappa shape index (κ1) is 19.9. The van der Waals surface area contributed by atoms with Gasteiger partial charge in [0.05, 0.1) is 18.3 Å². The zero-order valence-corrected chi connectivity index (χ0v) is 17.8. The van der Waals surface area contributed by atoms with Crippen LogP contribution in [0.4, 0.5) is 5.69 Å². The summed E-state index contributed by atoms with van der Waals surface area (Å²) in [5.41, 5.74) is 3.88. The molecule has 0 aliphatic carbocycles. The summed E-state index contributed by atoms with van der Waals surface area (Å²) < 4.78 is 17.5. The SMILES string of the molecule is COc1ncc(-c2cccc(N3CC=C(B4OC(C)(C)C(C)(C)O4)CC3)c2)cn1. The second-order valence-electron chi connectivity index (χ2n) is 8.57. The van der Waals surface area contributed by atoms with Gasteiger partial charge in [-0.3, -0.25) is 0 Å². The number of nitrogens with zero attached hydrogens (tertiary/aromatic N) is 3. The highest BCUT2D eigenvalue weighted by Gasteiger charge is 2.52. The topological polar surface area (TPSA) is 56.7 Å². The van der Waals surface area contributed by atoms with E-state index < -0.39 is 0 Å². The van der Waals surface area contributed by atoms with Gasteiger partial charge in [0.1, 0.15) is 0 Å². The Morgan fingerprint density at radius 3 is 2.31 bits per heavy atom. The van der Waals surface area contributed by atoms with Gasteiger partial charge in [-0.05, 0) is 57.3 Å². The van der Waals surface area contributed by atoms with Crippen molar-refractivity contribution in [3.8, 4) is 17.1 Å². The van der Waals surface area contributed by atoms with E-state index in [-0.39, 0.29) is 18.3 Å². The van der Waals surface area contributed by atoms with Crippen molar-refractivity contribution in [1.29, 1.82) is 0 Å². The van der Waals surface area contributed by atoms with E-state index in [0.29, 0.717) is 6.01 Å². The van der Waals surface area contributed by atoms with Crippen LogP contribution in [0.3, 0.4) is 0 Å². The second kappa shape index (κ2) is 7.46. The number of ether oxygens (including phenoxy) is 1. The molecule has 2 aromatic rings. The summed E-state index contributed by atoms with van der Waals surface area (Å²) in [4.78, 5) is 10.8. The minimum Gasteiger partial charge on any atom is -0.467 e. The van der Waals surface area contributed by atoms with E-state index in [1.54, 1.807) is 19.5 Å². The van der Waals surface area contributed by atoms with Crippen molar-refractivity contribution in [2.45, 2.75) is 45.3 Å². The van der Waals surface area contributed by atoms with Crippen LogP contribution in [0.25, 0.3) is 11.1 Å². The smallest absolute Gasteiger partial charge is 0.467 e. The molecule has 1 aromatic heterocycles. The number of benzene rings is 1. The first-order valence-electron chi connectivity index (χ1n) is 10.0. The monoisotopic (exact) mass is 393 g/mol. The molecule has 2 aliphatic heterocycles. The Kier molecular flexibility index (Phi) is 5.13. The highest BCUT2D eigenvalue weighted by molar-refractivity contribution is 6.54. The largest absolute Gasteiger partial charge is 0.490 e. The van der Waals surface area contributed by atoms with E-state index in [4.69, 9.17) is 14.0 Å². The quantitative estimate of drug-likeness (QED) is 0.734. The summed E-state index contributed by atoms with van der Waals surface area (Å²) in [6.45, 7) is 10.1. The van der Waals surface area contributed by atoms with Crippen LogP contribution in [0.2, 0.25) is 0 Å². The van der Waals surface area contributed by atoms with Gasteiger partial charge in [0.25, 0.3) is 0 Å². The van der Waals surface area contributed by atoms with Gasteiger partial charge in [0, 0.05) is 36.7 Å². The zero-order chi connectivity index (χ0) is 20.6. The van der Waals surface area contributed by atoms with Crippen molar-refractivity contribution < 1.29 is 14.0 Å². The van der Waals surface area contributed by atoms with Gasteiger partial charge in [-0.25, -0.2) is 9.97 Å². The van der Waals surface area contributed by atoms with Crippen LogP contribution in [0.5, 0.6) is 6.01 Å². The fourth-order valence-electron chi connectivity index (χ4n) is 3.58. The molecule has 1 fully saturated rings. The summed E-state index contributed by atoms with van der Waals surface area (Å²) >= 11 is 0. The summed E-state index contributed by atoms with van der Waals surface area (Å²) in [5.74, 6) is 0. The standard InChI is InChI=1S/C22H28BN3O3/c1-21(2)22(3,4)29-23(28-21)18-9-11-26(12-10-18)19-8-6-7-16(13-19)17-14-24-20(27-5)25-15-17/h6-9,13-15H,10-12H2,1-5H3. The van der Waals surface area contributed by atoms with E-state index in [0.717, 1.165) is 30.6 Å². The summed E-state index contributed by atoms with van der Waals surface area (Å²) in [6, 6.07) is 8.84. The van der Waals surface area contributed by atoms with Crippen molar-refractivity contribution >= 4 is 12.8 Å². The third-order valence-corrected chi connectivity index (χ3v) is 6.16. The number of aromatic nitrogens is 2. The van der Waals surface area contributed by atoms with E-state index in [1.807, 2.05) is 0 Å². The molecule has 7 heteroatoms. The Labute approximate surface area is 173 Å². The molecule has 3 heterocycles. The highest BCUT2D eigenvalue weighted by Crippen LogP contribution is 2.39. The van der Waals surface area contributed by atoms with Crippen LogP contribution in [-0.4, -0.2) is 48.5 Å². The highest BCUT2D eigenvalue weighted by atomic mass is 16.7. The van der Waals surface area contributed by atoms with Gasteiger partial charge in [-0.1, -0.05) is 18.2 Å². The van der Waals surface area contributed by atoms with Gasteiger partial charge in [0.15, 0.2) is 0 Å². The number of hydrogen-bond donors (Lipinski definition) is 0. The van der Waals surface area contributed by atoms with Crippen LogP contribution < -0.4 is 9.64 Å². The van der Waals surface area contributed by atoms with Crippen molar-refractivity contribution in [2.75, 3.05) is 25.1 Å². The first-order valence-corrected chi connectivity index (χ1v) is 10.0. The average molecular weight is 393 g/mol. The van der Waals surface area contributed by atoms with E-state index >= 15 is 0 Å². The fourth-order valence-corrected chi connectivity index (χ4v) is 3.58. The lowest BCUT2D eigenvalue weighted by atomic mass is 9.74. The maximum absolute atomic E-state index is 6.21. The molecular formula is C22H28BN3O3. The number of anilines is 1. The molecule has 1 saturated heterocycles. The molecule has 0 saturated carbocycles. The molecule has 0 radical (unpaired) electrons. The van der Waals surface area contributed by atoms with Gasteiger partial charge in [0.2, 0.25) is 0 Å². The molecular weight excluding hydrogens is 365 g/mol. The predicted molar refractivity (Wildman–Crippen MR) is 115 cm³/mol. The number of methoxy groups -OCH3 is 1. The van der Waals surface area contributed by atoms with Crippen LogP contribution in [0.15, 0.2) is 48.2 Å². The van der Waals surface area contributed by atoms with Gasteiger partial charge >= 0.3 is 13.1 Å². The van der Waals surface area contributed by atoms with Crippen molar-refractivity contribution in [3.05, 3.63) is 48.2 Å². The molecule has 2 aliphatic rings. The lowest BCUT2D eigenvalue weighted by molar-refractivity contribution is 0.00578. The third-order valence-electron chi connectivity index (χ3n) is 6.16. The lowest BCUT2D eigenvalue weighted by Gasteiger charge is -2.32. The molecule has 152 valence electrons. The molecule has 0 bridgehead atoms. The van der Waals surface area contributed by atoms with E-state index in [1.165, 1.54) is 11.2 Å². The number of hydrogen-bond acceptors (Lipinski definition) is 6. The Balaban J connectivity index is 1.47. The van der Waals surface area contributed by atoms with Crippen LogP contribution in [0.1, 0.15) is 34.1 Å². The minimum absolute atomic E-state index is 0.245. The normalized spacial score (nSPS) is 20.5. The Morgan fingerprint density at radius 2 is 1.72 bits per heavy atom. The zero-order valence-electron chi connectivity index (χ0n) is 17.8. The van der Waals surface area contributed by atoms with Gasteiger partial charge < -0.3 is 18.9 Å². The first-order chi connectivity index (χ1) is 13.8. The van der Waals surface area contributed by atoms with E-state index in [2.05, 4.69) is 72.9 Å². The van der Waals surface area contributed by atoms with Crippen molar-refractivity contribution in [3.63, 3.8) is 0 Å². The van der Waals surface area contributed by atoms with Crippen LogP contribution in [0, 0.1) is 0 Å². The third kappa shape index (κ3) is 3.89. The summed E-state index contributed by atoms with van der Waals surface area (Å²) in [6.07, 6.45) is 6.75.